The van der Waals surface area contributed by atoms with Gasteiger partial charge in [-0.3, -0.25) is 0 Å². The SMILES string of the molecule is Cc1cc(Oc2ncccc2NC(=O)Nc2ccc(OC(F)(F)F)cc2)n(-c2ccccc2Cl)n1. The minimum absolute atomic E-state index is 0.0878. The summed E-state index contributed by atoms with van der Waals surface area (Å²) in [6.45, 7) is 1.79. The standard InChI is InChI=1S/C23H17ClF3N5O3/c1-14-13-20(32(31-14)19-7-3-2-5-17(19)24)34-21-18(6-4-12-28-21)30-22(33)29-15-8-10-16(11-9-15)35-23(25,26)27/h2-13H,1H3,(H2,29,30,33). The van der Waals surface area contributed by atoms with Crippen molar-refractivity contribution < 1.29 is 27.4 Å². The van der Waals surface area contributed by atoms with Gasteiger partial charge >= 0.3 is 12.4 Å². The van der Waals surface area contributed by atoms with Crippen molar-refractivity contribution >= 4 is 29.0 Å². The largest absolute Gasteiger partial charge is 0.573 e. The number of benzene rings is 2. The van der Waals surface area contributed by atoms with Crippen molar-refractivity contribution in [2.24, 2.45) is 0 Å². The fraction of sp³-hybridized carbons (Fsp3) is 0.0870. The number of nitrogens with one attached hydrogen (secondary N) is 2. The predicted molar refractivity (Wildman–Crippen MR) is 123 cm³/mol. The van der Waals surface area contributed by atoms with E-state index in [9.17, 15) is 18.0 Å². The van der Waals surface area contributed by atoms with E-state index in [1.54, 1.807) is 43.3 Å². The Morgan fingerprint density at radius 1 is 1.03 bits per heavy atom. The number of amides is 2. The Kier molecular flexibility index (Phi) is 6.78. The summed E-state index contributed by atoms with van der Waals surface area (Å²) < 4.78 is 48.2. The Hall–Kier alpha value is -4.25. The Morgan fingerprint density at radius 3 is 2.49 bits per heavy atom. The predicted octanol–water partition coefficient (Wildman–Crippen LogP) is 6.56. The Bertz CT molecular complexity index is 1340. The highest BCUT2D eigenvalue weighted by molar-refractivity contribution is 6.32. The molecule has 0 aliphatic carbocycles. The molecule has 8 nitrogen and oxygen atoms in total. The second-order valence-corrected chi connectivity index (χ2v) is 7.50. The molecule has 4 rings (SSSR count). The number of nitrogens with zero attached hydrogens (tertiary/aromatic N) is 3. The van der Waals surface area contributed by atoms with E-state index in [-0.39, 0.29) is 17.3 Å². The summed E-state index contributed by atoms with van der Waals surface area (Å²) in [5.41, 5.74) is 1.75. The lowest BCUT2D eigenvalue weighted by Gasteiger charge is -2.13. The molecular weight excluding hydrogens is 487 g/mol. The molecule has 0 fully saturated rings. The molecule has 0 bridgehead atoms. The highest BCUT2D eigenvalue weighted by Gasteiger charge is 2.31. The fourth-order valence-corrected chi connectivity index (χ4v) is 3.25. The Labute approximate surface area is 202 Å². The van der Waals surface area contributed by atoms with Crippen LogP contribution in [0.25, 0.3) is 5.69 Å². The molecule has 2 heterocycles. The molecule has 12 heteroatoms. The van der Waals surface area contributed by atoms with Crippen LogP contribution in [-0.4, -0.2) is 27.2 Å². The van der Waals surface area contributed by atoms with E-state index in [0.29, 0.717) is 22.3 Å². The average molecular weight is 504 g/mol. The van der Waals surface area contributed by atoms with Crippen LogP contribution in [0.3, 0.4) is 0 Å². The maximum Gasteiger partial charge on any atom is 0.573 e. The van der Waals surface area contributed by atoms with Gasteiger partial charge in [0.05, 0.1) is 16.4 Å². The van der Waals surface area contributed by atoms with Gasteiger partial charge in [0, 0.05) is 18.0 Å². The number of para-hydroxylation sites is 1. The van der Waals surface area contributed by atoms with Crippen molar-refractivity contribution in [1.82, 2.24) is 14.8 Å². The first-order valence-electron chi connectivity index (χ1n) is 10.1. The number of pyridine rings is 1. The molecule has 2 N–H and O–H groups in total. The summed E-state index contributed by atoms with van der Waals surface area (Å²) >= 11 is 6.30. The molecule has 0 saturated heterocycles. The van der Waals surface area contributed by atoms with E-state index in [4.69, 9.17) is 16.3 Å². The first kappa shape index (κ1) is 23.9. The van der Waals surface area contributed by atoms with Gasteiger partial charge in [0.15, 0.2) is 0 Å². The second kappa shape index (κ2) is 9.94. The van der Waals surface area contributed by atoms with Crippen molar-refractivity contribution in [3.8, 4) is 23.2 Å². The van der Waals surface area contributed by atoms with Gasteiger partial charge in [0.2, 0.25) is 11.8 Å². The molecule has 0 spiro atoms. The highest BCUT2D eigenvalue weighted by Crippen LogP contribution is 2.31. The van der Waals surface area contributed by atoms with Crippen LogP contribution in [0.4, 0.5) is 29.3 Å². The lowest BCUT2D eigenvalue weighted by molar-refractivity contribution is -0.274. The van der Waals surface area contributed by atoms with Crippen LogP contribution in [0.15, 0.2) is 72.9 Å². The fourth-order valence-electron chi connectivity index (χ4n) is 3.04. The van der Waals surface area contributed by atoms with E-state index in [0.717, 1.165) is 12.1 Å². The molecule has 35 heavy (non-hydrogen) atoms. The van der Waals surface area contributed by atoms with Crippen LogP contribution in [0.5, 0.6) is 17.5 Å². The van der Waals surface area contributed by atoms with Gasteiger partial charge in [-0.25, -0.2) is 9.78 Å². The molecule has 2 amide bonds. The number of ether oxygens (including phenoxy) is 2. The van der Waals surface area contributed by atoms with Crippen LogP contribution in [0.2, 0.25) is 5.02 Å². The normalized spacial score (nSPS) is 11.1. The lowest BCUT2D eigenvalue weighted by atomic mass is 10.3. The van der Waals surface area contributed by atoms with Crippen molar-refractivity contribution in [3.05, 3.63) is 83.6 Å². The number of aromatic nitrogens is 3. The molecule has 2 aromatic heterocycles. The summed E-state index contributed by atoms with van der Waals surface area (Å²) in [7, 11) is 0. The van der Waals surface area contributed by atoms with Gasteiger partial charge in [0.25, 0.3) is 0 Å². The van der Waals surface area contributed by atoms with Crippen molar-refractivity contribution in [2.75, 3.05) is 10.6 Å². The smallest absolute Gasteiger partial charge is 0.418 e. The zero-order valence-corrected chi connectivity index (χ0v) is 18.8. The monoisotopic (exact) mass is 503 g/mol. The molecule has 0 aliphatic heterocycles. The van der Waals surface area contributed by atoms with Gasteiger partial charge in [-0.15, -0.1) is 13.2 Å². The summed E-state index contributed by atoms with van der Waals surface area (Å²) in [5, 5.41) is 10.00. The highest BCUT2D eigenvalue weighted by atomic mass is 35.5. The van der Waals surface area contributed by atoms with E-state index in [1.807, 2.05) is 6.07 Å². The minimum Gasteiger partial charge on any atom is -0.418 e. The molecule has 0 atom stereocenters. The molecule has 0 radical (unpaired) electrons. The first-order valence-corrected chi connectivity index (χ1v) is 10.4. The zero-order chi connectivity index (χ0) is 25.0. The van der Waals surface area contributed by atoms with Crippen molar-refractivity contribution in [3.63, 3.8) is 0 Å². The molecule has 4 aromatic rings. The maximum absolute atomic E-state index is 12.5. The zero-order valence-electron chi connectivity index (χ0n) is 18.0. The number of carbonyl (C=O) groups is 1. The van der Waals surface area contributed by atoms with Gasteiger partial charge < -0.3 is 20.1 Å². The molecule has 0 aliphatic rings. The van der Waals surface area contributed by atoms with Gasteiger partial charge in [-0.1, -0.05) is 23.7 Å². The lowest BCUT2D eigenvalue weighted by Crippen LogP contribution is -2.20. The van der Waals surface area contributed by atoms with E-state index < -0.39 is 18.1 Å². The van der Waals surface area contributed by atoms with E-state index in [2.05, 4.69) is 25.5 Å². The summed E-state index contributed by atoms with van der Waals surface area (Å²) in [4.78, 5) is 16.7. The van der Waals surface area contributed by atoms with Gasteiger partial charge in [0.1, 0.15) is 11.4 Å². The molecular formula is C23H17ClF3N5O3. The molecule has 0 unspecified atom stereocenters. The van der Waals surface area contributed by atoms with Crippen LogP contribution >= 0.6 is 11.6 Å². The van der Waals surface area contributed by atoms with E-state index >= 15 is 0 Å². The van der Waals surface area contributed by atoms with Crippen molar-refractivity contribution in [1.29, 1.82) is 0 Å². The molecule has 2 aromatic carbocycles. The average Bonchev–Trinajstić information content (AvgIpc) is 3.15. The van der Waals surface area contributed by atoms with Crippen molar-refractivity contribution in [2.45, 2.75) is 13.3 Å². The van der Waals surface area contributed by atoms with Crippen LogP contribution in [0, 0.1) is 6.92 Å². The van der Waals surface area contributed by atoms with Gasteiger partial charge in [-0.2, -0.15) is 9.78 Å². The Balaban J connectivity index is 1.49. The third-order valence-electron chi connectivity index (χ3n) is 4.45. The minimum atomic E-state index is -4.80. The number of hydrogen-bond donors (Lipinski definition) is 2. The molecule has 0 saturated carbocycles. The number of aryl methyl sites for hydroxylation is 1. The summed E-state index contributed by atoms with van der Waals surface area (Å²) in [5.74, 6) is -0.000353. The third kappa shape index (κ3) is 6.21. The quantitative estimate of drug-likeness (QED) is 0.311. The van der Waals surface area contributed by atoms with Crippen LogP contribution in [0.1, 0.15) is 5.69 Å². The number of alkyl halides is 3. The summed E-state index contributed by atoms with van der Waals surface area (Å²) in [6.07, 6.45) is -3.32. The second-order valence-electron chi connectivity index (χ2n) is 7.10. The molecule has 180 valence electrons. The number of hydrogen-bond acceptors (Lipinski definition) is 5. The number of anilines is 2. The number of urea groups is 1. The number of rotatable bonds is 6. The topological polar surface area (TPSA) is 90.3 Å². The third-order valence-corrected chi connectivity index (χ3v) is 4.77. The first-order chi connectivity index (χ1) is 16.7. The van der Waals surface area contributed by atoms with E-state index in [1.165, 1.54) is 23.0 Å². The van der Waals surface area contributed by atoms with Gasteiger partial charge in [-0.05, 0) is 55.5 Å². The maximum atomic E-state index is 12.5. The summed E-state index contributed by atoms with van der Waals surface area (Å²) in [6, 6.07) is 16.0. The number of carbonyl (C=O) groups excluding carboxylic acids is 1. The van der Waals surface area contributed by atoms with Crippen LogP contribution < -0.4 is 20.1 Å². The van der Waals surface area contributed by atoms with Crippen LogP contribution in [-0.2, 0) is 0 Å². The Morgan fingerprint density at radius 2 is 1.77 bits per heavy atom. The number of halogens is 4.